The van der Waals surface area contributed by atoms with E-state index in [9.17, 15) is 13.2 Å². The SMILES string of the molecule is CCS(=O)(=O)N(C)c1ccc(C(=O)N[C@H](c2ccccc2)c2ccc(C)cc2)cc1. The van der Waals surface area contributed by atoms with Crippen molar-refractivity contribution in [2.24, 2.45) is 0 Å². The summed E-state index contributed by atoms with van der Waals surface area (Å²) in [6, 6.07) is 24.2. The van der Waals surface area contributed by atoms with Gasteiger partial charge in [-0.1, -0.05) is 60.2 Å². The summed E-state index contributed by atoms with van der Waals surface area (Å²) >= 11 is 0. The molecule has 1 N–H and O–H groups in total. The van der Waals surface area contributed by atoms with E-state index in [0.717, 1.165) is 16.7 Å². The van der Waals surface area contributed by atoms with Crippen molar-refractivity contribution >= 4 is 21.6 Å². The normalized spacial score (nSPS) is 12.2. The zero-order valence-corrected chi connectivity index (χ0v) is 18.2. The minimum atomic E-state index is -3.35. The Labute approximate surface area is 178 Å². The molecule has 3 aromatic rings. The number of carbonyl (C=O) groups excluding carboxylic acids is 1. The average molecular weight is 423 g/mol. The van der Waals surface area contributed by atoms with Crippen LogP contribution in [0.4, 0.5) is 5.69 Å². The number of benzene rings is 3. The summed E-state index contributed by atoms with van der Waals surface area (Å²) in [6.45, 7) is 3.62. The van der Waals surface area contributed by atoms with Crippen LogP contribution >= 0.6 is 0 Å². The molecular weight excluding hydrogens is 396 g/mol. The van der Waals surface area contributed by atoms with Crippen LogP contribution < -0.4 is 9.62 Å². The zero-order chi connectivity index (χ0) is 21.7. The van der Waals surface area contributed by atoms with Gasteiger partial charge >= 0.3 is 0 Å². The van der Waals surface area contributed by atoms with Gasteiger partial charge in [-0.25, -0.2) is 8.42 Å². The molecule has 3 aromatic carbocycles. The van der Waals surface area contributed by atoms with Crippen LogP contribution in [0.25, 0.3) is 0 Å². The quantitative estimate of drug-likeness (QED) is 0.617. The van der Waals surface area contributed by atoms with E-state index in [1.54, 1.807) is 31.2 Å². The van der Waals surface area contributed by atoms with Gasteiger partial charge in [0.2, 0.25) is 10.0 Å². The number of sulfonamides is 1. The number of anilines is 1. The predicted molar refractivity (Wildman–Crippen MR) is 121 cm³/mol. The van der Waals surface area contributed by atoms with E-state index in [1.807, 2.05) is 61.5 Å². The zero-order valence-electron chi connectivity index (χ0n) is 17.4. The van der Waals surface area contributed by atoms with Crippen molar-refractivity contribution < 1.29 is 13.2 Å². The van der Waals surface area contributed by atoms with E-state index < -0.39 is 10.0 Å². The highest BCUT2D eigenvalue weighted by Gasteiger charge is 2.19. The van der Waals surface area contributed by atoms with Gasteiger partial charge in [-0.05, 0) is 49.2 Å². The fourth-order valence-electron chi connectivity index (χ4n) is 3.15. The van der Waals surface area contributed by atoms with Crippen LogP contribution in [0.2, 0.25) is 0 Å². The van der Waals surface area contributed by atoms with Crippen LogP contribution in [0, 0.1) is 6.92 Å². The monoisotopic (exact) mass is 422 g/mol. The minimum Gasteiger partial charge on any atom is -0.341 e. The minimum absolute atomic E-state index is 0.0149. The standard InChI is InChI=1S/C24H26N2O3S/c1-4-30(28,29)26(3)22-16-14-21(15-17-22)24(27)25-23(19-8-6-5-7-9-19)20-12-10-18(2)11-13-20/h5-17,23H,4H2,1-3H3,(H,25,27)/t23-/m1/s1. The molecule has 0 saturated carbocycles. The highest BCUT2D eigenvalue weighted by atomic mass is 32.2. The van der Waals surface area contributed by atoms with E-state index in [1.165, 1.54) is 11.4 Å². The number of aryl methyl sites for hydroxylation is 1. The summed E-state index contributed by atoms with van der Waals surface area (Å²) in [7, 11) is -1.84. The third-order valence-corrected chi connectivity index (χ3v) is 6.87. The molecule has 0 bridgehead atoms. The lowest BCUT2D eigenvalue weighted by atomic mass is 9.97. The van der Waals surface area contributed by atoms with Gasteiger partial charge in [0.25, 0.3) is 5.91 Å². The number of nitrogens with zero attached hydrogens (tertiary/aromatic N) is 1. The molecule has 0 saturated heterocycles. The van der Waals surface area contributed by atoms with Gasteiger partial charge in [0.15, 0.2) is 0 Å². The van der Waals surface area contributed by atoms with Crippen molar-refractivity contribution in [1.82, 2.24) is 5.32 Å². The van der Waals surface area contributed by atoms with Crippen molar-refractivity contribution in [2.75, 3.05) is 17.1 Å². The smallest absolute Gasteiger partial charge is 0.252 e. The maximum absolute atomic E-state index is 13.0. The van der Waals surface area contributed by atoms with E-state index in [4.69, 9.17) is 0 Å². The van der Waals surface area contributed by atoms with Crippen LogP contribution in [-0.2, 0) is 10.0 Å². The van der Waals surface area contributed by atoms with Crippen LogP contribution in [0.3, 0.4) is 0 Å². The lowest BCUT2D eigenvalue weighted by molar-refractivity contribution is 0.0943. The number of amides is 1. The first-order valence-corrected chi connectivity index (χ1v) is 11.4. The van der Waals surface area contributed by atoms with E-state index in [-0.39, 0.29) is 17.7 Å². The van der Waals surface area contributed by atoms with Gasteiger partial charge in [-0.15, -0.1) is 0 Å². The van der Waals surface area contributed by atoms with Crippen molar-refractivity contribution in [1.29, 1.82) is 0 Å². The van der Waals surface area contributed by atoms with Gasteiger partial charge in [0, 0.05) is 12.6 Å². The van der Waals surface area contributed by atoms with Crippen molar-refractivity contribution in [2.45, 2.75) is 19.9 Å². The van der Waals surface area contributed by atoms with Crippen LogP contribution in [0.5, 0.6) is 0 Å². The lowest BCUT2D eigenvalue weighted by Crippen LogP contribution is -2.30. The molecule has 0 aliphatic rings. The van der Waals surface area contributed by atoms with Gasteiger partial charge in [-0.2, -0.15) is 0 Å². The van der Waals surface area contributed by atoms with Crippen LogP contribution in [-0.4, -0.2) is 27.1 Å². The lowest BCUT2D eigenvalue weighted by Gasteiger charge is -2.21. The van der Waals surface area contributed by atoms with E-state index >= 15 is 0 Å². The molecule has 0 aliphatic carbocycles. The fraction of sp³-hybridized carbons (Fsp3) is 0.208. The fourth-order valence-corrected chi connectivity index (χ4v) is 3.99. The molecule has 0 radical (unpaired) electrons. The molecular formula is C24H26N2O3S. The van der Waals surface area contributed by atoms with Gasteiger partial charge < -0.3 is 5.32 Å². The molecule has 0 unspecified atom stereocenters. The second-order valence-electron chi connectivity index (χ2n) is 7.14. The summed E-state index contributed by atoms with van der Waals surface area (Å²) in [5.41, 5.74) is 4.12. The molecule has 1 atom stereocenters. The Morgan fingerprint density at radius 3 is 2.03 bits per heavy atom. The summed E-state index contributed by atoms with van der Waals surface area (Å²) in [5, 5.41) is 3.10. The second-order valence-corrected chi connectivity index (χ2v) is 9.43. The molecule has 6 heteroatoms. The molecule has 3 rings (SSSR count). The molecule has 0 heterocycles. The Morgan fingerprint density at radius 1 is 0.900 bits per heavy atom. The molecule has 0 aromatic heterocycles. The number of carbonyl (C=O) groups is 1. The van der Waals surface area contributed by atoms with Crippen molar-refractivity contribution in [3.8, 4) is 0 Å². The first-order valence-electron chi connectivity index (χ1n) is 9.81. The summed E-state index contributed by atoms with van der Waals surface area (Å²) < 4.78 is 25.3. The van der Waals surface area contributed by atoms with Crippen molar-refractivity contribution in [3.63, 3.8) is 0 Å². The highest BCUT2D eigenvalue weighted by Crippen LogP contribution is 2.24. The molecule has 0 spiro atoms. The number of rotatable bonds is 7. The predicted octanol–water partition coefficient (Wildman–Crippen LogP) is 4.30. The first kappa shape index (κ1) is 21.6. The highest BCUT2D eigenvalue weighted by molar-refractivity contribution is 7.92. The largest absolute Gasteiger partial charge is 0.341 e. The Morgan fingerprint density at radius 2 is 1.47 bits per heavy atom. The van der Waals surface area contributed by atoms with Crippen LogP contribution in [0.15, 0.2) is 78.9 Å². The first-order chi connectivity index (χ1) is 14.3. The second kappa shape index (κ2) is 9.13. The number of hydrogen-bond donors (Lipinski definition) is 1. The van der Waals surface area contributed by atoms with Crippen LogP contribution in [0.1, 0.15) is 40.0 Å². The third-order valence-electron chi connectivity index (χ3n) is 5.09. The van der Waals surface area contributed by atoms with E-state index in [0.29, 0.717) is 11.3 Å². The summed E-state index contributed by atoms with van der Waals surface area (Å²) in [4.78, 5) is 13.0. The molecule has 30 heavy (non-hydrogen) atoms. The molecule has 156 valence electrons. The number of nitrogens with one attached hydrogen (secondary N) is 1. The maximum atomic E-state index is 13.0. The maximum Gasteiger partial charge on any atom is 0.252 e. The third kappa shape index (κ3) is 4.89. The molecule has 0 aliphatic heterocycles. The number of hydrogen-bond acceptors (Lipinski definition) is 3. The summed E-state index contributed by atoms with van der Waals surface area (Å²) in [5.74, 6) is -0.210. The van der Waals surface area contributed by atoms with Crippen molar-refractivity contribution in [3.05, 3.63) is 101 Å². The molecule has 1 amide bonds. The van der Waals surface area contributed by atoms with Gasteiger partial charge in [0.1, 0.15) is 0 Å². The molecule has 0 fully saturated rings. The Bertz CT molecular complexity index is 1090. The Hall–Kier alpha value is -3.12. The van der Waals surface area contributed by atoms with E-state index in [2.05, 4.69) is 5.32 Å². The van der Waals surface area contributed by atoms with Gasteiger partial charge in [-0.3, -0.25) is 9.10 Å². The molecule has 5 nitrogen and oxygen atoms in total. The Balaban J connectivity index is 1.85. The van der Waals surface area contributed by atoms with Gasteiger partial charge in [0.05, 0.1) is 17.5 Å². The topological polar surface area (TPSA) is 66.5 Å². The summed E-state index contributed by atoms with van der Waals surface area (Å²) in [6.07, 6.45) is 0. The Kier molecular flexibility index (Phi) is 6.57. The average Bonchev–Trinajstić information content (AvgIpc) is 2.78.